The molecular weight excluding hydrogens is 332 g/mol. The van der Waals surface area contributed by atoms with Crippen molar-refractivity contribution in [3.05, 3.63) is 48.0 Å². The molecule has 2 aromatic rings. The van der Waals surface area contributed by atoms with E-state index in [1.165, 1.54) is 7.11 Å². The topological polar surface area (TPSA) is 67.9 Å². The fraction of sp³-hybridized carbons (Fsp3) is 0.300. The molecular formula is C20H22N2O4. The molecule has 0 saturated carbocycles. The van der Waals surface area contributed by atoms with Crippen LogP contribution in [0.15, 0.2) is 42.5 Å². The second-order valence-corrected chi connectivity index (χ2v) is 6.24. The molecule has 6 heteroatoms. The molecule has 2 aromatic carbocycles. The Labute approximate surface area is 152 Å². The van der Waals surface area contributed by atoms with Crippen molar-refractivity contribution >= 4 is 23.2 Å². The third-order valence-corrected chi connectivity index (χ3v) is 4.47. The quantitative estimate of drug-likeness (QED) is 0.838. The van der Waals surface area contributed by atoms with Gasteiger partial charge in [0.15, 0.2) is 0 Å². The molecule has 6 nitrogen and oxygen atoms in total. The van der Waals surface area contributed by atoms with Crippen molar-refractivity contribution < 1.29 is 19.1 Å². The Balaban J connectivity index is 1.72. The Morgan fingerprint density at radius 1 is 1.15 bits per heavy atom. The molecule has 0 saturated heterocycles. The van der Waals surface area contributed by atoms with Gasteiger partial charge in [0.25, 0.3) is 0 Å². The summed E-state index contributed by atoms with van der Waals surface area (Å²) in [4.78, 5) is 26.8. The lowest BCUT2D eigenvalue weighted by atomic mass is 10.1. The molecule has 0 aromatic heterocycles. The second-order valence-electron chi connectivity index (χ2n) is 6.24. The molecule has 1 N–H and O–H groups in total. The van der Waals surface area contributed by atoms with E-state index in [1.54, 1.807) is 30.2 Å². The van der Waals surface area contributed by atoms with Gasteiger partial charge in [0.1, 0.15) is 17.9 Å². The summed E-state index contributed by atoms with van der Waals surface area (Å²) in [7, 11) is 3.06. The largest absolute Gasteiger partial charge is 0.497 e. The number of benzene rings is 2. The molecule has 1 atom stereocenters. The Kier molecular flexibility index (Phi) is 5.11. The zero-order valence-corrected chi connectivity index (χ0v) is 15.1. The first kappa shape index (κ1) is 17.8. The standard InChI is InChI=1S/C20H22N2O4/c1-13-10-14-6-4-5-7-17(14)22(13)20(24)12-19(23)21-16-11-15(25-2)8-9-18(16)26-3/h4-9,11,13H,10,12H2,1-3H3,(H,21,23). The van der Waals surface area contributed by atoms with Crippen LogP contribution >= 0.6 is 0 Å². The van der Waals surface area contributed by atoms with Gasteiger partial charge in [-0.3, -0.25) is 9.59 Å². The number of hydrogen-bond donors (Lipinski definition) is 1. The number of methoxy groups -OCH3 is 2. The van der Waals surface area contributed by atoms with Crippen LogP contribution in [0.1, 0.15) is 18.9 Å². The Bertz CT molecular complexity index is 834. The van der Waals surface area contributed by atoms with E-state index in [2.05, 4.69) is 5.32 Å². The molecule has 136 valence electrons. The molecule has 0 aliphatic carbocycles. The summed E-state index contributed by atoms with van der Waals surface area (Å²) < 4.78 is 10.4. The van der Waals surface area contributed by atoms with Crippen LogP contribution in [-0.4, -0.2) is 32.1 Å². The van der Waals surface area contributed by atoms with Gasteiger partial charge in [-0.2, -0.15) is 0 Å². The monoisotopic (exact) mass is 354 g/mol. The van der Waals surface area contributed by atoms with Crippen LogP contribution in [0.3, 0.4) is 0 Å². The van der Waals surface area contributed by atoms with E-state index in [0.29, 0.717) is 17.2 Å². The van der Waals surface area contributed by atoms with Gasteiger partial charge in [0, 0.05) is 17.8 Å². The average Bonchev–Trinajstić information content (AvgIpc) is 2.97. The average molecular weight is 354 g/mol. The maximum atomic E-state index is 12.7. The second kappa shape index (κ2) is 7.47. The lowest BCUT2D eigenvalue weighted by Gasteiger charge is -2.22. The van der Waals surface area contributed by atoms with E-state index >= 15 is 0 Å². The highest BCUT2D eigenvalue weighted by atomic mass is 16.5. The van der Waals surface area contributed by atoms with Crippen LogP contribution in [0.2, 0.25) is 0 Å². The number of nitrogens with zero attached hydrogens (tertiary/aromatic N) is 1. The zero-order chi connectivity index (χ0) is 18.7. The number of ether oxygens (including phenoxy) is 2. The van der Waals surface area contributed by atoms with Crippen molar-refractivity contribution in [2.24, 2.45) is 0 Å². The van der Waals surface area contributed by atoms with Gasteiger partial charge >= 0.3 is 0 Å². The van der Waals surface area contributed by atoms with Crippen LogP contribution in [0, 0.1) is 0 Å². The number of carbonyl (C=O) groups excluding carboxylic acids is 2. The van der Waals surface area contributed by atoms with Gasteiger partial charge in [-0.15, -0.1) is 0 Å². The number of amides is 2. The molecule has 1 heterocycles. The van der Waals surface area contributed by atoms with Gasteiger partial charge in [0.2, 0.25) is 11.8 Å². The van der Waals surface area contributed by atoms with Gasteiger partial charge < -0.3 is 19.7 Å². The van der Waals surface area contributed by atoms with Crippen molar-refractivity contribution in [1.29, 1.82) is 0 Å². The number of anilines is 2. The third kappa shape index (κ3) is 3.49. The van der Waals surface area contributed by atoms with Crippen molar-refractivity contribution in [3.8, 4) is 11.5 Å². The molecule has 1 aliphatic heterocycles. The first-order chi connectivity index (χ1) is 12.5. The summed E-state index contributed by atoms with van der Waals surface area (Å²) in [6.45, 7) is 1.99. The molecule has 0 radical (unpaired) electrons. The Morgan fingerprint density at radius 2 is 1.92 bits per heavy atom. The van der Waals surface area contributed by atoms with Crippen LogP contribution in [0.25, 0.3) is 0 Å². The minimum absolute atomic E-state index is 0.0408. The van der Waals surface area contributed by atoms with Crippen LogP contribution in [0.4, 0.5) is 11.4 Å². The molecule has 1 aliphatic rings. The van der Waals surface area contributed by atoms with Crippen LogP contribution < -0.4 is 19.7 Å². The summed E-state index contributed by atoms with van der Waals surface area (Å²) >= 11 is 0. The van der Waals surface area contributed by atoms with Crippen LogP contribution in [0.5, 0.6) is 11.5 Å². The molecule has 0 bridgehead atoms. The summed E-state index contributed by atoms with van der Waals surface area (Å²) in [5.41, 5.74) is 2.49. The summed E-state index contributed by atoms with van der Waals surface area (Å²) in [5, 5.41) is 2.74. The predicted molar refractivity (Wildman–Crippen MR) is 99.9 cm³/mol. The fourth-order valence-corrected chi connectivity index (χ4v) is 3.27. The van der Waals surface area contributed by atoms with Gasteiger partial charge in [-0.05, 0) is 37.1 Å². The Morgan fingerprint density at radius 3 is 2.65 bits per heavy atom. The van der Waals surface area contributed by atoms with E-state index in [9.17, 15) is 9.59 Å². The van der Waals surface area contributed by atoms with E-state index < -0.39 is 5.91 Å². The SMILES string of the molecule is COc1ccc(OC)c(NC(=O)CC(=O)N2c3ccccc3CC2C)c1. The highest BCUT2D eigenvalue weighted by Gasteiger charge is 2.31. The first-order valence-electron chi connectivity index (χ1n) is 8.45. The number of hydrogen-bond acceptors (Lipinski definition) is 4. The normalized spacial score (nSPS) is 15.3. The van der Waals surface area contributed by atoms with Gasteiger partial charge in [0.05, 0.1) is 19.9 Å². The van der Waals surface area contributed by atoms with E-state index in [1.807, 2.05) is 31.2 Å². The minimum Gasteiger partial charge on any atom is -0.497 e. The third-order valence-electron chi connectivity index (χ3n) is 4.47. The Hall–Kier alpha value is -3.02. The van der Waals surface area contributed by atoms with Crippen molar-refractivity contribution in [2.75, 3.05) is 24.4 Å². The van der Waals surface area contributed by atoms with Gasteiger partial charge in [-0.25, -0.2) is 0 Å². The van der Waals surface area contributed by atoms with Crippen molar-refractivity contribution in [1.82, 2.24) is 0 Å². The molecule has 3 rings (SSSR count). The summed E-state index contributed by atoms with van der Waals surface area (Å²) in [6, 6.07) is 12.9. The molecule has 2 amide bonds. The number of para-hydroxylation sites is 1. The molecule has 0 fully saturated rings. The highest BCUT2D eigenvalue weighted by molar-refractivity contribution is 6.10. The van der Waals surface area contributed by atoms with Crippen LogP contribution in [-0.2, 0) is 16.0 Å². The fourth-order valence-electron chi connectivity index (χ4n) is 3.27. The maximum Gasteiger partial charge on any atom is 0.236 e. The summed E-state index contributed by atoms with van der Waals surface area (Å²) in [6.07, 6.45) is 0.562. The smallest absolute Gasteiger partial charge is 0.236 e. The number of fused-ring (bicyclic) bond motifs is 1. The minimum atomic E-state index is -0.391. The van der Waals surface area contributed by atoms with E-state index in [-0.39, 0.29) is 18.4 Å². The zero-order valence-electron chi connectivity index (χ0n) is 15.1. The maximum absolute atomic E-state index is 12.7. The van der Waals surface area contributed by atoms with E-state index in [0.717, 1.165) is 17.7 Å². The predicted octanol–water partition coefficient (Wildman–Crippen LogP) is 3.01. The molecule has 26 heavy (non-hydrogen) atoms. The number of nitrogens with one attached hydrogen (secondary N) is 1. The molecule has 1 unspecified atom stereocenters. The van der Waals surface area contributed by atoms with Gasteiger partial charge in [-0.1, -0.05) is 18.2 Å². The number of rotatable bonds is 5. The lowest BCUT2D eigenvalue weighted by Crippen LogP contribution is -2.37. The summed E-state index contributed by atoms with van der Waals surface area (Å²) in [5.74, 6) is 0.487. The van der Waals surface area contributed by atoms with Crippen molar-refractivity contribution in [2.45, 2.75) is 25.8 Å². The lowest BCUT2D eigenvalue weighted by molar-refractivity contribution is -0.125. The highest BCUT2D eigenvalue weighted by Crippen LogP contribution is 2.33. The van der Waals surface area contributed by atoms with E-state index in [4.69, 9.17) is 9.47 Å². The van der Waals surface area contributed by atoms with Crippen molar-refractivity contribution in [3.63, 3.8) is 0 Å². The number of carbonyl (C=O) groups is 2. The molecule has 0 spiro atoms. The first-order valence-corrected chi connectivity index (χ1v) is 8.45.